The molecule has 27 heavy (non-hydrogen) atoms. The summed E-state index contributed by atoms with van der Waals surface area (Å²) in [4.78, 5) is 17.7. The van der Waals surface area contributed by atoms with Crippen LogP contribution in [0.1, 0.15) is 23.2 Å². The van der Waals surface area contributed by atoms with E-state index in [1.165, 1.54) is 6.20 Å². The van der Waals surface area contributed by atoms with Crippen LogP contribution in [-0.4, -0.2) is 43.8 Å². The van der Waals surface area contributed by atoms with Gasteiger partial charge in [0.1, 0.15) is 0 Å². The van der Waals surface area contributed by atoms with E-state index in [-0.39, 0.29) is 23.3 Å². The van der Waals surface area contributed by atoms with Crippen molar-refractivity contribution in [2.45, 2.75) is 17.7 Å². The summed E-state index contributed by atoms with van der Waals surface area (Å²) in [6.45, 7) is 1.22. The quantitative estimate of drug-likeness (QED) is 0.842. The lowest BCUT2D eigenvalue weighted by Crippen LogP contribution is -2.41. The summed E-state index contributed by atoms with van der Waals surface area (Å²) in [6, 6.07) is 5.87. The van der Waals surface area contributed by atoms with Crippen LogP contribution in [-0.2, 0) is 10.0 Å². The van der Waals surface area contributed by atoms with Crippen LogP contribution in [0.3, 0.4) is 0 Å². The number of nitrogens with one attached hydrogen (secondary N) is 1. The number of carbonyl (C=O) groups excluding carboxylic acids is 1. The second kappa shape index (κ2) is 8.10. The first kappa shape index (κ1) is 19.4. The van der Waals surface area contributed by atoms with E-state index in [1.54, 1.807) is 23.2 Å². The Labute approximate surface area is 156 Å². The first-order valence-corrected chi connectivity index (χ1v) is 9.99. The summed E-state index contributed by atoms with van der Waals surface area (Å²) in [6.07, 6.45) is 4.41. The average Bonchev–Trinajstić information content (AvgIpc) is 2.69. The topological polar surface area (TPSA) is 79.4 Å². The van der Waals surface area contributed by atoms with Crippen molar-refractivity contribution in [1.82, 2.24) is 14.6 Å². The molecule has 0 unspecified atom stereocenters. The number of sulfonamides is 1. The molecule has 3 rings (SSSR count). The monoisotopic (exact) mass is 395 g/mol. The summed E-state index contributed by atoms with van der Waals surface area (Å²) >= 11 is 0. The van der Waals surface area contributed by atoms with E-state index in [9.17, 15) is 22.0 Å². The Bertz CT molecular complexity index is 915. The Balaban J connectivity index is 1.53. The molecule has 6 nitrogen and oxygen atoms in total. The molecule has 1 amide bonds. The van der Waals surface area contributed by atoms with Gasteiger partial charge in [-0.1, -0.05) is 0 Å². The molecule has 1 saturated heterocycles. The minimum atomic E-state index is -3.92. The third-order valence-electron chi connectivity index (χ3n) is 4.57. The van der Waals surface area contributed by atoms with E-state index in [0.717, 1.165) is 12.1 Å². The van der Waals surface area contributed by atoms with E-state index in [1.807, 2.05) is 0 Å². The number of amides is 1. The van der Waals surface area contributed by atoms with Crippen LogP contribution in [0.15, 0.2) is 47.6 Å². The molecule has 1 aromatic carbocycles. The fourth-order valence-electron chi connectivity index (χ4n) is 2.97. The standard InChI is InChI=1S/C18H19F2N3O3S/c19-16-4-3-15(10-17(16)20)27(25,26)22-11-13-5-8-23(9-6-13)18(24)14-2-1-7-21-12-14/h1-4,7,10,12-13,22H,5-6,8-9,11H2. The van der Waals surface area contributed by atoms with Gasteiger partial charge in [-0.25, -0.2) is 21.9 Å². The Hall–Kier alpha value is -2.39. The molecular formula is C18H19F2N3O3S. The van der Waals surface area contributed by atoms with Crippen LogP contribution < -0.4 is 4.72 Å². The second-order valence-electron chi connectivity index (χ2n) is 6.41. The summed E-state index contributed by atoms with van der Waals surface area (Å²) < 4.78 is 53.1. The zero-order valence-corrected chi connectivity index (χ0v) is 15.3. The molecule has 0 radical (unpaired) electrons. The highest BCUT2D eigenvalue weighted by atomic mass is 32.2. The lowest BCUT2D eigenvalue weighted by molar-refractivity contribution is 0.0691. The van der Waals surface area contributed by atoms with Gasteiger partial charge in [-0.15, -0.1) is 0 Å². The Kier molecular flexibility index (Phi) is 5.81. The second-order valence-corrected chi connectivity index (χ2v) is 8.17. The van der Waals surface area contributed by atoms with Gasteiger partial charge < -0.3 is 4.90 Å². The molecule has 0 bridgehead atoms. The van der Waals surface area contributed by atoms with Gasteiger partial charge in [0.25, 0.3) is 5.91 Å². The van der Waals surface area contributed by atoms with Gasteiger partial charge in [-0.3, -0.25) is 9.78 Å². The highest BCUT2D eigenvalue weighted by molar-refractivity contribution is 7.89. The number of hydrogen-bond donors (Lipinski definition) is 1. The third-order valence-corrected chi connectivity index (χ3v) is 5.99. The molecule has 0 saturated carbocycles. The van der Waals surface area contributed by atoms with Gasteiger partial charge in [-0.2, -0.15) is 0 Å². The predicted molar refractivity (Wildman–Crippen MR) is 94.4 cm³/mol. The number of carbonyl (C=O) groups is 1. The van der Waals surface area contributed by atoms with Gasteiger partial charge in [0, 0.05) is 32.0 Å². The van der Waals surface area contributed by atoms with Gasteiger partial charge in [0.2, 0.25) is 10.0 Å². The first-order valence-electron chi connectivity index (χ1n) is 8.51. The molecule has 0 atom stereocenters. The zero-order chi connectivity index (χ0) is 19.4. The fourth-order valence-corrected chi connectivity index (χ4v) is 4.09. The highest BCUT2D eigenvalue weighted by Gasteiger charge is 2.25. The van der Waals surface area contributed by atoms with Crippen molar-refractivity contribution in [2.75, 3.05) is 19.6 Å². The molecule has 144 valence electrons. The Morgan fingerprint density at radius 1 is 1.19 bits per heavy atom. The number of pyridine rings is 1. The van der Waals surface area contributed by atoms with Crippen LogP contribution >= 0.6 is 0 Å². The number of halogens is 2. The number of nitrogens with zero attached hydrogens (tertiary/aromatic N) is 2. The number of hydrogen-bond acceptors (Lipinski definition) is 4. The van der Waals surface area contributed by atoms with E-state index in [2.05, 4.69) is 9.71 Å². The lowest BCUT2D eigenvalue weighted by Gasteiger charge is -2.32. The number of likely N-dealkylation sites (tertiary alicyclic amines) is 1. The van der Waals surface area contributed by atoms with Gasteiger partial charge in [0.15, 0.2) is 11.6 Å². The maximum Gasteiger partial charge on any atom is 0.255 e. The van der Waals surface area contributed by atoms with E-state index >= 15 is 0 Å². The van der Waals surface area contributed by atoms with Gasteiger partial charge in [0.05, 0.1) is 10.5 Å². The number of benzene rings is 1. The number of piperidine rings is 1. The van der Waals surface area contributed by atoms with Crippen molar-refractivity contribution in [1.29, 1.82) is 0 Å². The largest absolute Gasteiger partial charge is 0.339 e. The molecule has 9 heteroatoms. The van der Waals surface area contributed by atoms with Crippen molar-refractivity contribution in [3.8, 4) is 0 Å². The molecule has 1 fully saturated rings. The Morgan fingerprint density at radius 2 is 1.93 bits per heavy atom. The SMILES string of the molecule is O=C(c1cccnc1)N1CCC(CNS(=O)(=O)c2ccc(F)c(F)c2)CC1. The molecule has 1 aliphatic rings. The van der Waals surface area contributed by atoms with E-state index in [0.29, 0.717) is 37.6 Å². The number of aromatic nitrogens is 1. The van der Waals surface area contributed by atoms with E-state index < -0.39 is 21.7 Å². The van der Waals surface area contributed by atoms with E-state index in [4.69, 9.17) is 0 Å². The molecule has 0 spiro atoms. The molecule has 1 aromatic heterocycles. The summed E-state index contributed by atoms with van der Waals surface area (Å²) in [5.41, 5.74) is 0.523. The van der Waals surface area contributed by atoms with Crippen molar-refractivity contribution < 1.29 is 22.0 Å². The fraction of sp³-hybridized carbons (Fsp3) is 0.333. The molecule has 2 aromatic rings. The third kappa shape index (κ3) is 4.67. The molecule has 2 heterocycles. The summed E-state index contributed by atoms with van der Waals surface area (Å²) in [5, 5.41) is 0. The smallest absolute Gasteiger partial charge is 0.255 e. The van der Waals surface area contributed by atoms with Gasteiger partial charge >= 0.3 is 0 Å². The van der Waals surface area contributed by atoms with Crippen molar-refractivity contribution in [3.63, 3.8) is 0 Å². The first-order chi connectivity index (χ1) is 12.9. The minimum absolute atomic E-state index is 0.0584. The molecule has 0 aliphatic carbocycles. The maximum atomic E-state index is 13.3. The van der Waals surface area contributed by atoms with Gasteiger partial charge in [-0.05, 0) is 49.1 Å². The van der Waals surface area contributed by atoms with Crippen molar-refractivity contribution >= 4 is 15.9 Å². The lowest BCUT2D eigenvalue weighted by atomic mass is 9.97. The van der Waals surface area contributed by atoms with Crippen LogP contribution in [0.4, 0.5) is 8.78 Å². The minimum Gasteiger partial charge on any atom is -0.339 e. The number of rotatable bonds is 5. The summed E-state index contributed by atoms with van der Waals surface area (Å²) in [7, 11) is -3.92. The van der Waals surface area contributed by atoms with Crippen LogP contribution in [0, 0.1) is 17.6 Å². The zero-order valence-electron chi connectivity index (χ0n) is 14.4. The molecule has 1 N–H and O–H groups in total. The maximum absolute atomic E-state index is 13.3. The average molecular weight is 395 g/mol. The van der Waals surface area contributed by atoms with Crippen LogP contribution in [0.2, 0.25) is 0 Å². The van der Waals surface area contributed by atoms with Crippen molar-refractivity contribution in [2.24, 2.45) is 5.92 Å². The van der Waals surface area contributed by atoms with Crippen LogP contribution in [0.5, 0.6) is 0 Å². The highest BCUT2D eigenvalue weighted by Crippen LogP contribution is 2.20. The van der Waals surface area contributed by atoms with Crippen LogP contribution in [0.25, 0.3) is 0 Å². The Morgan fingerprint density at radius 3 is 2.56 bits per heavy atom. The predicted octanol–water partition coefficient (Wildman–Crippen LogP) is 2.19. The molecule has 1 aliphatic heterocycles. The molecular weight excluding hydrogens is 376 g/mol. The van der Waals surface area contributed by atoms with Crippen molar-refractivity contribution in [3.05, 3.63) is 59.9 Å². The summed E-state index contributed by atoms with van der Waals surface area (Å²) in [5.74, 6) is -2.34. The normalized spacial score (nSPS) is 15.7.